The molecule has 2 aromatic rings. The lowest BCUT2D eigenvalue weighted by Crippen LogP contribution is -2.35. The molecule has 124 valence electrons. The number of aryl methyl sites for hydroxylation is 1. The van der Waals surface area contributed by atoms with Crippen LogP contribution >= 0.6 is 0 Å². The molecule has 0 unspecified atom stereocenters. The molecular formula is C20H21NO3. The van der Waals surface area contributed by atoms with Crippen molar-refractivity contribution in [2.45, 2.75) is 12.8 Å². The molecule has 0 N–H and O–H groups in total. The van der Waals surface area contributed by atoms with E-state index >= 15 is 0 Å². The summed E-state index contributed by atoms with van der Waals surface area (Å²) >= 11 is 0. The fourth-order valence-electron chi connectivity index (χ4n) is 2.97. The Bertz CT molecular complexity index is 754. The molecule has 0 aliphatic carbocycles. The number of carbonyl (C=O) groups excluding carboxylic acids is 1. The van der Waals surface area contributed by atoms with Gasteiger partial charge in [0, 0.05) is 17.8 Å². The van der Waals surface area contributed by atoms with E-state index in [-0.39, 0.29) is 5.91 Å². The van der Waals surface area contributed by atoms with Crippen molar-refractivity contribution in [2.75, 3.05) is 25.2 Å². The largest absolute Gasteiger partial charge is 0.493 e. The molecule has 0 bridgehead atoms. The number of methoxy groups -OCH3 is 1. The van der Waals surface area contributed by atoms with Gasteiger partial charge in [0.25, 0.3) is 5.91 Å². The average molecular weight is 323 g/mol. The maximum Gasteiger partial charge on any atom is 0.258 e. The van der Waals surface area contributed by atoms with E-state index in [0.717, 1.165) is 25.1 Å². The minimum atomic E-state index is -0.0179. The third-order valence-electron chi connectivity index (χ3n) is 4.12. The number of hydrogen-bond acceptors (Lipinski definition) is 3. The Kier molecular flexibility index (Phi) is 4.85. The first-order chi connectivity index (χ1) is 11.7. The number of nitrogens with zero attached hydrogens (tertiary/aromatic N) is 1. The molecule has 24 heavy (non-hydrogen) atoms. The first kappa shape index (κ1) is 16.1. The summed E-state index contributed by atoms with van der Waals surface area (Å²) in [6.07, 6.45) is 3.65. The molecule has 0 saturated heterocycles. The van der Waals surface area contributed by atoms with Crippen LogP contribution in [0.15, 0.2) is 55.1 Å². The number of ether oxygens (including phenoxy) is 2. The zero-order valence-corrected chi connectivity index (χ0v) is 13.8. The molecule has 1 aliphatic rings. The SMILES string of the molecule is C=CCOc1ccc(C(=O)N2CCCc3ccccc32)cc1OC. The van der Waals surface area contributed by atoms with E-state index in [0.29, 0.717) is 23.7 Å². The Balaban J connectivity index is 1.89. The summed E-state index contributed by atoms with van der Waals surface area (Å²) in [6, 6.07) is 13.4. The summed E-state index contributed by atoms with van der Waals surface area (Å²) in [5, 5.41) is 0. The molecule has 4 heteroatoms. The van der Waals surface area contributed by atoms with E-state index in [1.54, 1.807) is 31.4 Å². The molecule has 1 amide bonds. The average Bonchev–Trinajstić information content (AvgIpc) is 2.65. The van der Waals surface area contributed by atoms with Crippen LogP contribution in [0.25, 0.3) is 0 Å². The number of carbonyl (C=O) groups is 1. The summed E-state index contributed by atoms with van der Waals surface area (Å²) in [5.41, 5.74) is 2.81. The van der Waals surface area contributed by atoms with Gasteiger partial charge in [-0.3, -0.25) is 4.79 Å². The Morgan fingerprint density at radius 3 is 2.88 bits per heavy atom. The number of rotatable bonds is 5. The monoisotopic (exact) mass is 323 g/mol. The molecular weight excluding hydrogens is 302 g/mol. The van der Waals surface area contributed by atoms with E-state index < -0.39 is 0 Å². The fourth-order valence-corrected chi connectivity index (χ4v) is 2.97. The molecule has 0 spiro atoms. The number of hydrogen-bond donors (Lipinski definition) is 0. The van der Waals surface area contributed by atoms with Crippen molar-refractivity contribution in [2.24, 2.45) is 0 Å². The van der Waals surface area contributed by atoms with Gasteiger partial charge in [-0.05, 0) is 42.7 Å². The Hall–Kier alpha value is -2.75. The predicted octanol–water partition coefficient (Wildman–Crippen LogP) is 3.85. The highest BCUT2D eigenvalue weighted by molar-refractivity contribution is 6.07. The minimum Gasteiger partial charge on any atom is -0.493 e. The fraction of sp³-hybridized carbons (Fsp3) is 0.250. The van der Waals surface area contributed by atoms with Crippen LogP contribution in [-0.4, -0.2) is 26.2 Å². The molecule has 0 fully saturated rings. The molecule has 0 atom stereocenters. The molecule has 3 rings (SSSR count). The van der Waals surface area contributed by atoms with Crippen molar-refractivity contribution in [3.05, 3.63) is 66.2 Å². The second-order valence-corrected chi connectivity index (χ2v) is 5.65. The van der Waals surface area contributed by atoms with E-state index in [1.807, 2.05) is 23.1 Å². The van der Waals surface area contributed by atoms with Crippen LogP contribution in [0.1, 0.15) is 22.3 Å². The van der Waals surface area contributed by atoms with Crippen LogP contribution in [-0.2, 0) is 6.42 Å². The summed E-state index contributed by atoms with van der Waals surface area (Å²) in [5.74, 6) is 1.14. The van der Waals surface area contributed by atoms with Crippen LogP contribution in [0.3, 0.4) is 0 Å². The Morgan fingerprint density at radius 2 is 2.08 bits per heavy atom. The van der Waals surface area contributed by atoms with Gasteiger partial charge in [-0.15, -0.1) is 0 Å². The summed E-state index contributed by atoms with van der Waals surface area (Å²) < 4.78 is 10.9. The first-order valence-electron chi connectivity index (χ1n) is 8.06. The third-order valence-corrected chi connectivity index (χ3v) is 4.12. The highest BCUT2D eigenvalue weighted by Gasteiger charge is 2.24. The van der Waals surface area contributed by atoms with Gasteiger partial charge in [0.2, 0.25) is 0 Å². The molecule has 4 nitrogen and oxygen atoms in total. The van der Waals surface area contributed by atoms with Crippen molar-refractivity contribution in [3.63, 3.8) is 0 Å². The standard InChI is InChI=1S/C20H21NO3/c1-3-13-24-18-11-10-16(14-19(18)23-2)20(22)21-12-6-8-15-7-4-5-9-17(15)21/h3-5,7,9-11,14H,1,6,8,12-13H2,2H3. The zero-order valence-electron chi connectivity index (χ0n) is 13.8. The minimum absolute atomic E-state index is 0.0179. The lowest BCUT2D eigenvalue weighted by atomic mass is 10.0. The second kappa shape index (κ2) is 7.21. The molecule has 1 heterocycles. The van der Waals surface area contributed by atoms with Gasteiger partial charge < -0.3 is 14.4 Å². The maximum absolute atomic E-state index is 13.0. The molecule has 2 aromatic carbocycles. The maximum atomic E-state index is 13.0. The lowest BCUT2D eigenvalue weighted by molar-refractivity contribution is 0.0984. The van der Waals surface area contributed by atoms with Crippen molar-refractivity contribution < 1.29 is 14.3 Å². The van der Waals surface area contributed by atoms with Gasteiger partial charge in [-0.2, -0.15) is 0 Å². The number of para-hydroxylation sites is 1. The van der Waals surface area contributed by atoms with Gasteiger partial charge >= 0.3 is 0 Å². The predicted molar refractivity (Wildman–Crippen MR) is 95.1 cm³/mol. The van der Waals surface area contributed by atoms with Crippen molar-refractivity contribution >= 4 is 11.6 Å². The van der Waals surface area contributed by atoms with Gasteiger partial charge in [0.05, 0.1) is 7.11 Å². The van der Waals surface area contributed by atoms with Crippen LogP contribution in [0.5, 0.6) is 11.5 Å². The molecule has 0 saturated carbocycles. The van der Waals surface area contributed by atoms with E-state index in [1.165, 1.54) is 5.56 Å². The van der Waals surface area contributed by atoms with Gasteiger partial charge in [-0.1, -0.05) is 30.9 Å². The normalized spacial score (nSPS) is 13.1. The Labute approximate surface area is 142 Å². The van der Waals surface area contributed by atoms with Crippen LogP contribution < -0.4 is 14.4 Å². The van der Waals surface area contributed by atoms with Gasteiger partial charge in [-0.25, -0.2) is 0 Å². The van der Waals surface area contributed by atoms with Crippen LogP contribution in [0.4, 0.5) is 5.69 Å². The lowest BCUT2D eigenvalue weighted by Gasteiger charge is -2.29. The molecule has 0 radical (unpaired) electrons. The topological polar surface area (TPSA) is 38.8 Å². The van der Waals surface area contributed by atoms with Crippen molar-refractivity contribution in [1.29, 1.82) is 0 Å². The van der Waals surface area contributed by atoms with Crippen LogP contribution in [0, 0.1) is 0 Å². The third kappa shape index (κ3) is 3.13. The van der Waals surface area contributed by atoms with Gasteiger partial charge in [0.15, 0.2) is 11.5 Å². The van der Waals surface area contributed by atoms with Crippen molar-refractivity contribution in [1.82, 2.24) is 0 Å². The first-order valence-corrected chi connectivity index (χ1v) is 8.06. The van der Waals surface area contributed by atoms with E-state index in [4.69, 9.17) is 9.47 Å². The van der Waals surface area contributed by atoms with Crippen molar-refractivity contribution in [3.8, 4) is 11.5 Å². The highest BCUT2D eigenvalue weighted by Crippen LogP contribution is 2.31. The Morgan fingerprint density at radius 1 is 1.25 bits per heavy atom. The second-order valence-electron chi connectivity index (χ2n) is 5.65. The molecule has 0 aromatic heterocycles. The summed E-state index contributed by atoms with van der Waals surface area (Å²) in [6.45, 7) is 4.75. The smallest absolute Gasteiger partial charge is 0.258 e. The number of fused-ring (bicyclic) bond motifs is 1. The molecule has 1 aliphatic heterocycles. The quantitative estimate of drug-likeness (QED) is 0.785. The number of anilines is 1. The van der Waals surface area contributed by atoms with E-state index in [9.17, 15) is 4.79 Å². The summed E-state index contributed by atoms with van der Waals surface area (Å²) in [7, 11) is 1.57. The van der Waals surface area contributed by atoms with E-state index in [2.05, 4.69) is 12.6 Å². The summed E-state index contributed by atoms with van der Waals surface area (Å²) in [4.78, 5) is 14.8. The number of benzene rings is 2. The van der Waals surface area contributed by atoms with Gasteiger partial charge in [0.1, 0.15) is 6.61 Å². The van der Waals surface area contributed by atoms with Crippen LogP contribution in [0.2, 0.25) is 0 Å². The zero-order chi connectivity index (χ0) is 16.9. The highest BCUT2D eigenvalue weighted by atomic mass is 16.5. The number of amides is 1.